The van der Waals surface area contributed by atoms with Crippen molar-refractivity contribution in [2.75, 3.05) is 46.0 Å². The molecule has 1 amide bonds. The van der Waals surface area contributed by atoms with E-state index in [2.05, 4.69) is 20.8 Å². The number of benzene rings is 2. The van der Waals surface area contributed by atoms with Crippen LogP contribution in [-0.4, -0.2) is 72.6 Å². The lowest BCUT2D eigenvalue weighted by Gasteiger charge is -2.31. The molecular formula is C27H31BrN2O5. The second-order valence-electron chi connectivity index (χ2n) is 8.83. The Kier molecular flexibility index (Phi) is 8.26. The van der Waals surface area contributed by atoms with Gasteiger partial charge in [0.1, 0.15) is 11.5 Å². The number of aliphatic hydroxyl groups is 1. The van der Waals surface area contributed by atoms with Crippen molar-refractivity contribution in [2.24, 2.45) is 0 Å². The summed E-state index contributed by atoms with van der Waals surface area (Å²) in [5, 5.41) is 11.3. The fraction of sp³-hybridized carbons (Fsp3) is 0.407. The summed E-state index contributed by atoms with van der Waals surface area (Å²) in [4.78, 5) is 30.2. The summed E-state index contributed by atoms with van der Waals surface area (Å²) >= 11 is 3.45. The maximum Gasteiger partial charge on any atom is 0.295 e. The van der Waals surface area contributed by atoms with Crippen molar-refractivity contribution in [3.8, 4) is 5.75 Å². The predicted molar refractivity (Wildman–Crippen MR) is 137 cm³/mol. The van der Waals surface area contributed by atoms with Crippen LogP contribution in [0, 0.1) is 6.92 Å². The maximum atomic E-state index is 13.2. The van der Waals surface area contributed by atoms with E-state index < -0.39 is 17.7 Å². The fourth-order valence-corrected chi connectivity index (χ4v) is 4.77. The van der Waals surface area contributed by atoms with E-state index in [1.165, 1.54) is 0 Å². The number of rotatable bonds is 8. The van der Waals surface area contributed by atoms with Gasteiger partial charge in [0.2, 0.25) is 0 Å². The van der Waals surface area contributed by atoms with Gasteiger partial charge in [-0.25, -0.2) is 0 Å². The van der Waals surface area contributed by atoms with Crippen LogP contribution in [-0.2, 0) is 14.3 Å². The molecular weight excluding hydrogens is 512 g/mol. The van der Waals surface area contributed by atoms with E-state index >= 15 is 0 Å². The van der Waals surface area contributed by atoms with E-state index in [1.807, 2.05) is 38.1 Å². The highest BCUT2D eigenvalue weighted by Gasteiger charge is 2.46. The lowest BCUT2D eigenvalue weighted by molar-refractivity contribution is -0.140. The minimum atomic E-state index is -0.666. The van der Waals surface area contributed by atoms with Gasteiger partial charge in [-0.15, -0.1) is 0 Å². The monoisotopic (exact) mass is 542 g/mol. The molecule has 2 heterocycles. The van der Waals surface area contributed by atoms with Gasteiger partial charge in [-0.3, -0.25) is 14.5 Å². The topological polar surface area (TPSA) is 79.3 Å². The number of carbonyl (C=O) groups excluding carboxylic acids is 2. The molecule has 35 heavy (non-hydrogen) atoms. The summed E-state index contributed by atoms with van der Waals surface area (Å²) in [6.07, 6.45) is 0.891. The summed E-state index contributed by atoms with van der Waals surface area (Å²) < 4.78 is 12.1. The van der Waals surface area contributed by atoms with Gasteiger partial charge < -0.3 is 19.5 Å². The molecule has 186 valence electrons. The minimum absolute atomic E-state index is 0.112. The van der Waals surface area contributed by atoms with Crippen molar-refractivity contribution in [2.45, 2.75) is 26.3 Å². The second kappa shape index (κ2) is 11.4. The second-order valence-corrected chi connectivity index (χ2v) is 9.74. The number of ether oxygens (including phenoxy) is 2. The first-order valence-corrected chi connectivity index (χ1v) is 12.8. The molecule has 2 fully saturated rings. The number of Topliss-reactive ketones (excluding diaryl/α,β-unsaturated/α-hetero) is 1. The third-order valence-electron chi connectivity index (χ3n) is 6.40. The molecule has 7 nitrogen and oxygen atoms in total. The van der Waals surface area contributed by atoms with Crippen LogP contribution in [0.1, 0.15) is 36.1 Å². The Hall–Kier alpha value is -2.68. The van der Waals surface area contributed by atoms with E-state index in [-0.39, 0.29) is 11.3 Å². The fourth-order valence-electron chi connectivity index (χ4n) is 4.50. The number of amides is 1. The van der Waals surface area contributed by atoms with E-state index in [0.29, 0.717) is 38.5 Å². The summed E-state index contributed by atoms with van der Waals surface area (Å²) in [7, 11) is 0. The Bertz CT molecular complexity index is 1110. The van der Waals surface area contributed by atoms with Crippen LogP contribution in [0.5, 0.6) is 5.75 Å². The van der Waals surface area contributed by atoms with Crippen molar-refractivity contribution >= 4 is 33.4 Å². The van der Waals surface area contributed by atoms with Crippen molar-refractivity contribution in [1.82, 2.24) is 9.80 Å². The molecule has 0 saturated carbocycles. The predicted octanol–water partition coefficient (Wildman–Crippen LogP) is 4.30. The molecule has 0 spiro atoms. The number of carbonyl (C=O) groups is 2. The molecule has 2 aromatic carbocycles. The van der Waals surface area contributed by atoms with Gasteiger partial charge in [-0.05, 0) is 54.8 Å². The Morgan fingerprint density at radius 1 is 1.11 bits per heavy atom. The van der Waals surface area contributed by atoms with Crippen LogP contribution in [0.15, 0.2) is 52.5 Å². The van der Waals surface area contributed by atoms with E-state index in [0.717, 1.165) is 40.9 Å². The lowest BCUT2D eigenvalue weighted by atomic mass is 9.95. The smallest absolute Gasteiger partial charge is 0.295 e. The number of nitrogens with zero attached hydrogens (tertiary/aromatic N) is 2. The summed E-state index contributed by atoms with van der Waals surface area (Å²) in [6.45, 7) is 8.45. The zero-order valence-electron chi connectivity index (χ0n) is 20.1. The summed E-state index contributed by atoms with van der Waals surface area (Å²) in [6, 6.07) is 12.2. The highest BCUT2D eigenvalue weighted by molar-refractivity contribution is 9.10. The first-order chi connectivity index (χ1) is 16.9. The van der Waals surface area contributed by atoms with Crippen molar-refractivity contribution < 1.29 is 24.2 Å². The zero-order valence-corrected chi connectivity index (χ0v) is 21.7. The number of likely N-dealkylation sites (tertiary alicyclic amines) is 1. The number of morpholine rings is 1. The summed E-state index contributed by atoms with van der Waals surface area (Å²) in [5.41, 5.74) is 2.22. The average molecular weight is 543 g/mol. The van der Waals surface area contributed by atoms with Crippen molar-refractivity contribution in [3.05, 3.63) is 69.2 Å². The molecule has 2 aromatic rings. The van der Waals surface area contributed by atoms with Crippen molar-refractivity contribution in [1.29, 1.82) is 0 Å². The molecule has 2 saturated heterocycles. The van der Waals surface area contributed by atoms with Crippen molar-refractivity contribution in [3.63, 3.8) is 0 Å². The molecule has 0 aliphatic carbocycles. The number of hydrogen-bond acceptors (Lipinski definition) is 6. The third kappa shape index (κ3) is 5.60. The first-order valence-electron chi connectivity index (χ1n) is 12.0. The molecule has 1 atom stereocenters. The van der Waals surface area contributed by atoms with Gasteiger partial charge in [-0.1, -0.05) is 35.0 Å². The maximum absolute atomic E-state index is 13.2. The van der Waals surface area contributed by atoms with Crippen LogP contribution in [0.2, 0.25) is 0 Å². The zero-order chi connectivity index (χ0) is 24.9. The summed E-state index contributed by atoms with van der Waals surface area (Å²) in [5.74, 6) is -0.692. The molecule has 1 unspecified atom stereocenters. The van der Waals surface area contributed by atoms with Gasteiger partial charge in [0.05, 0.1) is 31.4 Å². The molecule has 1 N–H and O–H groups in total. The average Bonchev–Trinajstić information content (AvgIpc) is 3.12. The molecule has 8 heteroatoms. The molecule has 2 aliphatic heterocycles. The Labute approximate surface area is 214 Å². The quantitative estimate of drug-likeness (QED) is 0.304. The molecule has 0 bridgehead atoms. The SMILES string of the molecule is CCCOc1ccc(C(O)=C2C(=O)C(=O)N(CCN3CCOCC3)C2c2ccc(Br)cc2)cc1C. The van der Waals surface area contributed by atoms with Gasteiger partial charge in [-0.2, -0.15) is 0 Å². The van der Waals surface area contributed by atoms with Crippen LogP contribution in [0.4, 0.5) is 0 Å². The largest absolute Gasteiger partial charge is 0.507 e. The number of aryl methyl sites for hydroxylation is 1. The first kappa shape index (κ1) is 25.4. The number of aliphatic hydroxyl groups excluding tert-OH is 1. The van der Waals surface area contributed by atoms with Gasteiger partial charge in [0, 0.05) is 36.2 Å². The van der Waals surface area contributed by atoms with Gasteiger partial charge in [0.25, 0.3) is 11.7 Å². The molecule has 0 radical (unpaired) electrons. The normalized spacial score (nSPS) is 20.4. The third-order valence-corrected chi connectivity index (χ3v) is 6.93. The standard InChI is InChI=1S/C27H31BrN2O5/c1-3-14-35-22-9-6-20(17-18(22)2)25(31)23-24(19-4-7-21(28)8-5-19)30(27(33)26(23)32)11-10-29-12-15-34-16-13-29/h4-9,17,24,31H,3,10-16H2,1-2H3. The van der Waals surface area contributed by atoms with E-state index in [1.54, 1.807) is 23.1 Å². The molecule has 0 aromatic heterocycles. The van der Waals surface area contributed by atoms with Crippen LogP contribution < -0.4 is 4.74 Å². The van der Waals surface area contributed by atoms with Crippen LogP contribution >= 0.6 is 15.9 Å². The van der Waals surface area contributed by atoms with Gasteiger partial charge in [0.15, 0.2) is 0 Å². The van der Waals surface area contributed by atoms with Crippen LogP contribution in [0.25, 0.3) is 5.76 Å². The highest BCUT2D eigenvalue weighted by atomic mass is 79.9. The Morgan fingerprint density at radius 3 is 2.49 bits per heavy atom. The molecule has 4 rings (SSSR count). The van der Waals surface area contributed by atoms with Crippen LogP contribution in [0.3, 0.4) is 0 Å². The minimum Gasteiger partial charge on any atom is -0.507 e. The lowest BCUT2D eigenvalue weighted by Crippen LogP contribution is -2.42. The number of hydrogen-bond donors (Lipinski definition) is 1. The molecule has 2 aliphatic rings. The Morgan fingerprint density at radius 2 is 1.83 bits per heavy atom. The number of ketones is 1. The Balaban J connectivity index is 1.71. The van der Waals surface area contributed by atoms with E-state index in [9.17, 15) is 14.7 Å². The van der Waals surface area contributed by atoms with E-state index in [4.69, 9.17) is 9.47 Å². The van der Waals surface area contributed by atoms with Gasteiger partial charge >= 0.3 is 0 Å². The number of halogens is 1. The highest BCUT2D eigenvalue weighted by Crippen LogP contribution is 2.40.